The maximum Gasteiger partial charge on any atom is 0.223 e. The van der Waals surface area contributed by atoms with Crippen LogP contribution in [0.25, 0.3) is 0 Å². The van der Waals surface area contributed by atoms with Crippen LogP contribution in [0.1, 0.15) is 13.8 Å². The fourth-order valence-electron chi connectivity index (χ4n) is 0.431. The van der Waals surface area contributed by atoms with Crippen LogP contribution in [-0.2, 0) is 4.79 Å². The molecule has 1 amide bonds. The Morgan fingerprint density at radius 1 is 1.78 bits per heavy atom. The van der Waals surface area contributed by atoms with Gasteiger partial charge in [0.15, 0.2) is 0 Å². The first-order valence-electron chi connectivity index (χ1n) is 3.11. The van der Waals surface area contributed by atoms with Gasteiger partial charge >= 0.3 is 0 Å². The molecule has 1 unspecified atom stereocenters. The highest BCUT2D eigenvalue weighted by Crippen LogP contribution is 1.95. The van der Waals surface area contributed by atoms with E-state index < -0.39 is 0 Å². The van der Waals surface area contributed by atoms with Gasteiger partial charge in [0.2, 0.25) is 5.91 Å². The van der Waals surface area contributed by atoms with Gasteiger partial charge in [-0.25, -0.2) is 0 Å². The summed E-state index contributed by atoms with van der Waals surface area (Å²) in [6.45, 7) is 4.47. The van der Waals surface area contributed by atoms with Gasteiger partial charge in [0.1, 0.15) is 0 Å². The Morgan fingerprint density at radius 3 is 2.67 bits per heavy atom. The van der Waals surface area contributed by atoms with E-state index in [-0.39, 0.29) is 11.8 Å². The summed E-state index contributed by atoms with van der Waals surface area (Å²) in [6.07, 6.45) is 0. The number of carbonyl (C=O) groups is 1. The SMILES string of the molecule is CCNC(=O)C(C)CS. The van der Waals surface area contributed by atoms with Gasteiger partial charge in [-0.3, -0.25) is 4.79 Å². The van der Waals surface area contributed by atoms with Crippen LogP contribution in [0.4, 0.5) is 0 Å². The van der Waals surface area contributed by atoms with E-state index >= 15 is 0 Å². The molecule has 54 valence electrons. The molecule has 1 atom stereocenters. The zero-order valence-corrected chi connectivity index (χ0v) is 6.74. The minimum atomic E-state index is 0.0354. The van der Waals surface area contributed by atoms with Crippen molar-refractivity contribution in [1.29, 1.82) is 0 Å². The first-order chi connectivity index (χ1) is 4.22. The second-order valence-electron chi connectivity index (χ2n) is 1.98. The van der Waals surface area contributed by atoms with E-state index in [9.17, 15) is 4.79 Å². The lowest BCUT2D eigenvalue weighted by atomic mass is 10.2. The van der Waals surface area contributed by atoms with Crippen LogP contribution in [0.15, 0.2) is 0 Å². The maximum atomic E-state index is 10.8. The van der Waals surface area contributed by atoms with Gasteiger partial charge in [0.25, 0.3) is 0 Å². The molecule has 0 rings (SSSR count). The molecular weight excluding hydrogens is 134 g/mol. The number of nitrogens with one attached hydrogen (secondary N) is 1. The summed E-state index contributed by atoms with van der Waals surface area (Å²) in [5.74, 6) is 0.743. The molecule has 0 aromatic rings. The number of hydrogen-bond donors (Lipinski definition) is 2. The summed E-state index contributed by atoms with van der Waals surface area (Å²) in [4.78, 5) is 10.8. The second kappa shape index (κ2) is 4.68. The van der Waals surface area contributed by atoms with Crippen molar-refractivity contribution >= 4 is 18.5 Å². The van der Waals surface area contributed by atoms with Crippen molar-refractivity contribution in [2.75, 3.05) is 12.3 Å². The maximum absolute atomic E-state index is 10.8. The molecule has 0 saturated carbocycles. The summed E-state index contributed by atoms with van der Waals surface area (Å²) in [7, 11) is 0. The van der Waals surface area contributed by atoms with Gasteiger partial charge in [-0.2, -0.15) is 12.6 Å². The molecule has 0 aliphatic carbocycles. The average Bonchev–Trinajstić information content (AvgIpc) is 1.87. The number of hydrogen-bond acceptors (Lipinski definition) is 2. The minimum Gasteiger partial charge on any atom is -0.356 e. The quantitative estimate of drug-likeness (QED) is 0.565. The van der Waals surface area contributed by atoms with Gasteiger partial charge in [-0.05, 0) is 6.92 Å². The molecule has 0 bridgehead atoms. The Bertz CT molecular complexity index is 95.1. The third-order valence-electron chi connectivity index (χ3n) is 1.07. The third-order valence-corrected chi connectivity index (χ3v) is 1.62. The van der Waals surface area contributed by atoms with Gasteiger partial charge in [0.05, 0.1) is 0 Å². The zero-order chi connectivity index (χ0) is 7.28. The molecule has 2 nitrogen and oxygen atoms in total. The van der Waals surface area contributed by atoms with Crippen molar-refractivity contribution in [3.8, 4) is 0 Å². The van der Waals surface area contributed by atoms with Gasteiger partial charge < -0.3 is 5.32 Å². The lowest BCUT2D eigenvalue weighted by Gasteiger charge is -2.05. The van der Waals surface area contributed by atoms with E-state index in [0.29, 0.717) is 12.3 Å². The fourth-order valence-corrected chi connectivity index (χ4v) is 0.597. The largest absolute Gasteiger partial charge is 0.356 e. The van der Waals surface area contributed by atoms with Gasteiger partial charge in [0, 0.05) is 18.2 Å². The van der Waals surface area contributed by atoms with Crippen molar-refractivity contribution in [2.24, 2.45) is 5.92 Å². The number of thiol groups is 1. The average molecular weight is 147 g/mol. The van der Waals surface area contributed by atoms with E-state index in [2.05, 4.69) is 17.9 Å². The van der Waals surface area contributed by atoms with E-state index in [4.69, 9.17) is 0 Å². The van der Waals surface area contributed by atoms with Gasteiger partial charge in [-0.15, -0.1) is 0 Å². The summed E-state index contributed by atoms with van der Waals surface area (Å²) in [5.41, 5.74) is 0. The van der Waals surface area contributed by atoms with Crippen molar-refractivity contribution in [3.05, 3.63) is 0 Å². The molecule has 0 aliphatic heterocycles. The molecule has 1 N–H and O–H groups in total. The molecule has 0 aliphatic rings. The number of carbonyl (C=O) groups excluding carboxylic acids is 1. The van der Waals surface area contributed by atoms with E-state index in [1.54, 1.807) is 0 Å². The second-order valence-corrected chi connectivity index (χ2v) is 2.34. The number of amides is 1. The minimum absolute atomic E-state index is 0.0354. The molecule has 0 heterocycles. The first kappa shape index (κ1) is 8.82. The Labute approximate surface area is 61.4 Å². The van der Waals surface area contributed by atoms with Crippen LogP contribution in [-0.4, -0.2) is 18.2 Å². The monoisotopic (exact) mass is 147 g/mol. The third kappa shape index (κ3) is 3.40. The van der Waals surface area contributed by atoms with Crippen molar-refractivity contribution in [1.82, 2.24) is 5.32 Å². The van der Waals surface area contributed by atoms with Crippen molar-refractivity contribution in [2.45, 2.75) is 13.8 Å². The first-order valence-corrected chi connectivity index (χ1v) is 3.74. The van der Waals surface area contributed by atoms with Crippen LogP contribution in [0, 0.1) is 5.92 Å². The molecule has 0 aromatic carbocycles. The van der Waals surface area contributed by atoms with Crippen LogP contribution in [0.5, 0.6) is 0 Å². The fraction of sp³-hybridized carbons (Fsp3) is 0.833. The highest BCUT2D eigenvalue weighted by atomic mass is 32.1. The Balaban J connectivity index is 3.46. The predicted octanol–water partition coefficient (Wildman–Crippen LogP) is 0.688. The van der Waals surface area contributed by atoms with Crippen molar-refractivity contribution in [3.63, 3.8) is 0 Å². The Morgan fingerprint density at radius 2 is 2.33 bits per heavy atom. The molecule has 0 saturated heterocycles. The molecule has 0 spiro atoms. The normalized spacial score (nSPS) is 12.8. The highest BCUT2D eigenvalue weighted by Gasteiger charge is 2.07. The highest BCUT2D eigenvalue weighted by molar-refractivity contribution is 7.80. The summed E-state index contributed by atoms with van der Waals surface area (Å²) in [6, 6.07) is 0. The summed E-state index contributed by atoms with van der Waals surface area (Å²) >= 11 is 3.99. The standard InChI is InChI=1S/C6H13NOS/c1-3-7-6(8)5(2)4-9/h5,9H,3-4H2,1-2H3,(H,7,8). The van der Waals surface area contributed by atoms with E-state index in [0.717, 1.165) is 0 Å². The lowest BCUT2D eigenvalue weighted by molar-refractivity contribution is -0.123. The van der Waals surface area contributed by atoms with Gasteiger partial charge in [-0.1, -0.05) is 6.92 Å². The Kier molecular flexibility index (Phi) is 4.58. The topological polar surface area (TPSA) is 29.1 Å². The summed E-state index contributed by atoms with van der Waals surface area (Å²) in [5, 5.41) is 2.71. The van der Waals surface area contributed by atoms with E-state index in [1.165, 1.54) is 0 Å². The lowest BCUT2D eigenvalue weighted by Crippen LogP contribution is -2.29. The summed E-state index contributed by atoms with van der Waals surface area (Å²) < 4.78 is 0. The molecular formula is C6H13NOS. The van der Waals surface area contributed by atoms with Crippen LogP contribution < -0.4 is 5.32 Å². The van der Waals surface area contributed by atoms with E-state index in [1.807, 2.05) is 13.8 Å². The number of rotatable bonds is 3. The van der Waals surface area contributed by atoms with Crippen LogP contribution in [0.2, 0.25) is 0 Å². The molecule has 0 aromatic heterocycles. The molecule has 3 heteroatoms. The predicted molar refractivity (Wildman–Crippen MR) is 41.7 cm³/mol. The molecule has 0 radical (unpaired) electrons. The zero-order valence-electron chi connectivity index (χ0n) is 5.85. The smallest absolute Gasteiger partial charge is 0.223 e. The molecule has 0 fully saturated rings. The molecule has 9 heavy (non-hydrogen) atoms. The van der Waals surface area contributed by atoms with Crippen LogP contribution >= 0.6 is 12.6 Å². The van der Waals surface area contributed by atoms with Crippen LogP contribution in [0.3, 0.4) is 0 Å². The Hall–Kier alpha value is -0.180. The van der Waals surface area contributed by atoms with Crippen molar-refractivity contribution < 1.29 is 4.79 Å².